The fourth-order valence-electron chi connectivity index (χ4n) is 3.31. The van der Waals surface area contributed by atoms with E-state index in [1.807, 2.05) is 6.07 Å². The molecule has 122 valence electrons. The second-order valence-corrected chi connectivity index (χ2v) is 7.10. The molecule has 2 aromatic rings. The van der Waals surface area contributed by atoms with Gasteiger partial charge in [-0.25, -0.2) is 4.39 Å². The lowest BCUT2D eigenvalue weighted by Gasteiger charge is -2.27. The summed E-state index contributed by atoms with van der Waals surface area (Å²) in [6.07, 6.45) is 2.69. The van der Waals surface area contributed by atoms with Gasteiger partial charge in [0.2, 0.25) is 0 Å². The van der Waals surface area contributed by atoms with Crippen molar-refractivity contribution in [3.05, 3.63) is 29.4 Å². The molecule has 0 bridgehead atoms. The first-order valence-electron chi connectivity index (χ1n) is 8.21. The molecular weight excluding hydrogens is 309 g/mol. The van der Waals surface area contributed by atoms with Crippen LogP contribution in [0.4, 0.5) is 10.1 Å². The predicted molar refractivity (Wildman–Crippen MR) is 94.5 cm³/mol. The number of hydrogen-bond acceptors (Lipinski definition) is 4. The van der Waals surface area contributed by atoms with Gasteiger partial charge in [0, 0.05) is 54.1 Å². The van der Waals surface area contributed by atoms with Crippen LogP contribution in [0, 0.1) is 17.1 Å². The molecular formula is C18H22FN3S. The van der Waals surface area contributed by atoms with Crippen molar-refractivity contribution in [1.29, 1.82) is 5.26 Å². The average Bonchev–Trinajstić information content (AvgIpc) is 2.80. The zero-order valence-corrected chi connectivity index (χ0v) is 14.3. The summed E-state index contributed by atoms with van der Waals surface area (Å²) < 4.78 is 14.4. The van der Waals surface area contributed by atoms with Crippen LogP contribution in [0.25, 0.3) is 10.1 Å². The van der Waals surface area contributed by atoms with E-state index >= 15 is 0 Å². The average molecular weight is 331 g/mol. The highest BCUT2D eigenvalue weighted by Gasteiger charge is 2.20. The third kappa shape index (κ3) is 3.65. The number of benzene rings is 1. The van der Waals surface area contributed by atoms with Crippen LogP contribution in [0.3, 0.4) is 0 Å². The smallest absolute Gasteiger partial charge is 0.124 e. The molecule has 1 aromatic carbocycles. The SMILES string of the molecule is CC(CCC#N)N1CCCN(c2csc3cc(F)ccc23)CC1. The van der Waals surface area contributed by atoms with E-state index in [4.69, 9.17) is 5.26 Å². The highest BCUT2D eigenvalue weighted by atomic mass is 32.1. The second-order valence-electron chi connectivity index (χ2n) is 6.18. The van der Waals surface area contributed by atoms with E-state index in [9.17, 15) is 4.39 Å². The van der Waals surface area contributed by atoms with Gasteiger partial charge in [-0.2, -0.15) is 5.26 Å². The Morgan fingerprint density at radius 3 is 3.00 bits per heavy atom. The van der Waals surface area contributed by atoms with Crippen molar-refractivity contribution in [3.8, 4) is 6.07 Å². The quantitative estimate of drug-likeness (QED) is 0.839. The van der Waals surface area contributed by atoms with Gasteiger partial charge in [-0.15, -0.1) is 11.3 Å². The van der Waals surface area contributed by atoms with Gasteiger partial charge in [-0.3, -0.25) is 4.90 Å². The van der Waals surface area contributed by atoms with Crippen LogP contribution in [0.1, 0.15) is 26.2 Å². The summed E-state index contributed by atoms with van der Waals surface area (Å²) in [5, 5.41) is 12.1. The van der Waals surface area contributed by atoms with Gasteiger partial charge < -0.3 is 4.90 Å². The molecule has 0 amide bonds. The maximum absolute atomic E-state index is 13.4. The summed E-state index contributed by atoms with van der Waals surface area (Å²) in [5.41, 5.74) is 1.23. The maximum atomic E-state index is 13.4. The van der Waals surface area contributed by atoms with Crippen LogP contribution in [0.2, 0.25) is 0 Å². The minimum absolute atomic E-state index is 0.167. The highest BCUT2D eigenvalue weighted by Crippen LogP contribution is 2.34. The molecule has 1 atom stereocenters. The molecule has 0 saturated carbocycles. The molecule has 23 heavy (non-hydrogen) atoms. The molecule has 1 aliphatic rings. The fourth-order valence-corrected chi connectivity index (χ4v) is 4.30. The molecule has 0 aliphatic carbocycles. The summed E-state index contributed by atoms with van der Waals surface area (Å²) in [6.45, 7) is 6.34. The van der Waals surface area contributed by atoms with E-state index in [1.165, 1.54) is 5.69 Å². The van der Waals surface area contributed by atoms with E-state index in [0.29, 0.717) is 12.5 Å². The Labute approximate surface area is 140 Å². The molecule has 0 radical (unpaired) electrons. The predicted octanol–water partition coefficient (Wildman–Crippen LogP) is 4.24. The van der Waals surface area contributed by atoms with Gasteiger partial charge in [-0.1, -0.05) is 0 Å². The van der Waals surface area contributed by atoms with Crippen molar-refractivity contribution in [2.24, 2.45) is 0 Å². The van der Waals surface area contributed by atoms with Crippen LogP contribution in [0.15, 0.2) is 23.6 Å². The number of hydrogen-bond donors (Lipinski definition) is 0. The van der Waals surface area contributed by atoms with Gasteiger partial charge in [0.15, 0.2) is 0 Å². The van der Waals surface area contributed by atoms with Crippen molar-refractivity contribution < 1.29 is 4.39 Å². The monoisotopic (exact) mass is 331 g/mol. The Balaban J connectivity index is 1.71. The van der Waals surface area contributed by atoms with E-state index in [2.05, 4.69) is 28.2 Å². The van der Waals surface area contributed by atoms with Crippen LogP contribution in [-0.4, -0.2) is 37.1 Å². The van der Waals surface area contributed by atoms with Crippen LogP contribution >= 0.6 is 11.3 Å². The lowest BCUT2D eigenvalue weighted by atomic mass is 10.1. The lowest BCUT2D eigenvalue weighted by molar-refractivity contribution is 0.215. The van der Waals surface area contributed by atoms with E-state index in [0.717, 1.165) is 49.1 Å². The summed E-state index contributed by atoms with van der Waals surface area (Å²) in [7, 11) is 0. The second kappa shape index (κ2) is 7.29. The van der Waals surface area contributed by atoms with E-state index in [1.54, 1.807) is 23.5 Å². The van der Waals surface area contributed by atoms with Crippen molar-refractivity contribution in [1.82, 2.24) is 4.90 Å². The Bertz CT molecular complexity index is 706. The van der Waals surface area contributed by atoms with Crippen molar-refractivity contribution in [3.63, 3.8) is 0 Å². The number of halogens is 1. The highest BCUT2D eigenvalue weighted by molar-refractivity contribution is 7.17. The first kappa shape index (κ1) is 16.2. The standard InChI is InChI=1S/C18H22FN3S/c1-14(4-2-7-20)21-8-3-9-22(11-10-21)17-13-23-18-12-15(19)5-6-16(17)18/h5-6,12-14H,2-4,8-11H2,1H3. The molecule has 2 heterocycles. The summed E-state index contributed by atoms with van der Waals surface area (Å²) in [5.74, 6) is -0.167. The first-order chi connectivity index (χ1) is 11.2. The molecule has 3 nitrogen and oxygen atoms in total. The third-order valence-corrected chi connectivity index (χ3v) is 5.62. The molecule has 3 rings (SSSR count). The topological polar surface area (TPSA) is 30.3 Å². The minimum Gasteiger partial charge on any atom is -0.369 e. The number of rotatable bonds is 4. The number of nitriles is 1. The van der Waals surface area contributed by atoms with Crippen LogP contribution in [0.5, 0.6) is 0 Å². The zero-order chi connectivity index (χ0) is 16.2. The number of nitrogens with zero attached hydrogens (tertiary/aromatic N) is 3. The number of thiophene rings is 1. The van der Waals surface area contributed by atoms with Crippen molar-refractivity contribution in [2.75, 3.05) is 31.1 Å². The van der Waals surface area contributed by atoms with Crippen molar-refractivity contribution >= 4 is 27.1 Å². The minimum atomic E-state index is -0.167. The van der Waals surface area contributed by atoms with Crippen molar-refractivity contribution in [2.45, 2.75) is 32.2 Å². The Morgan fingerprint density at radius 2 is 2.17 bits per heavy atom. The third-order valence-electron chi connectivity index (χ3n) is 4.69. The summed E-state index contributed by atoms with van der Waals surface area (Å²) in [6, 6.07) is 7.77. The molecule has 0 N–H and O–H groups in total. The molecule has 0 spiro atoms. The van der Waals surface area contributed by atoms with Crippen LogP contribution < -0.4 is 4.90 Å². The number of anilines is 1. The van der Waals surface area contributed by atoms with Gasteiger partial charge in [0.25, 0.3) is 0 Å². The Hall–Kier alpha value is -1.64. The molecule has 1 aromatic heterocycles. The van der Waals surface area contributed by atoms with E-state index in [-0.39, 0.29) is 5.82 Å². The Morgan fingerprint density at radius 1 is 1.30 bits per heavy atom. The van der Waals surface area contributed by atoms with Gasteiger partial charge >= 0.3 is 0 Å². The van der Waals surface area contributed by atoms with Crippen LogP contribution in [-0.2, 0) is 0 Å². The molecule has 5 heteroatoms. The molecule has 1 fully saturated rings. The molecule has 1 unspecified atom stereocenters. The van der Waals surface area contributed by atoms with Gasteiger partial charge in [0.1, 0.15) is 5.82 Å². The van der Waals surface area contributed by atoms with Gasteiger partial charge in [-0.05, 0) is 38.0 Å². The Kier molecular flexibility index (Phi) is 5.14. The first-order valence-corrected chi connectivity index (χ1v) is 9.09. The summed E-state index contributed by atoms with van der Waals surface area (Å²) in [4.78, 5) is 4.92. The zero-order valence-electron chi connectivity index (χ0n) is 13.5. The molecule has 1 saturated heterocycles. The normalized spacial score (nSPS) is 17.9. The lowest BCUT2D eigenvalue weighted by Crippen LogP contribution is -2.36. The fraction of sp³-hybridized carbons (Fsp3) is 0.500. The number of fused-ring (bicyclic) bond motifs is 1. The summed E-state index contributed by atoms with van der Waals surface area (Å²) >= 11 is 1.62. The maximum Gasteiger partial charge on any atom is 0.124 e. The van der Waals surface area contributed by atoms with Gasteiger partial charge in [0.05, 0.1) is 11.8 Å². The molecule has 1 aliphatic heterocycles. The largest absolute Gasteiger partial charge is 0.369 e. The van der Waals surface area contributed by atoms with E-state index < -0.39 is 0 Å².